The molecule has 0 bridgehead atoms. The Morgan fingerprint density at radius 1 is 1.40 bits per heavy atom. The summed E-state index contributed by atoms with van der Waals surface area (Å²) < 4.78 is 2.06. The van der Waals surface area contributed by atoms with Crippen LogP contribution in [0.1, 0.15) is 45.9 Å². The molecule has 0 spiro atoms. The van der Waals surface area contributed by atoms with Crippen LogP contribution in [0.3, 0.4) is 0 Å². The van der Waals surface area contributed by atoms with Gasteiger partial charge < -0.3 is 9.67 Å². The molecule has 1 N–H and O–H groups in total. The minimum absolute atomic E-state index is 0.276. The average Bonchev–Trinajstić information content (AvgIpc) is 2.64. The van der Waals surface area contributed by atoms with Crippen molar-refractivity contribution >= 4 is 0 Å². The largest absolute Gasteiger partial charge is 0.391 e. The Morgan fingerprint density at radius 2 is 2.07 bits per heavy atom. The molecule has 1 rings (SSSR count). The van der Waals surface area contributed by atoms with Crippen molar-refractivity contribution in [3.05, 3.63) is 18.2 Å². The fraction of sp³-hybridized carbons (Fsp3) is 0.750. The van der Waals surface area contributed by atoms with E-state index in [-0.39, 0.29) is 6.10 Å². The van der Waals surface area contributed by atoms with Crippen LogP contribution >= 0.6 is 0 Å². The topological polar surface area (TPSA) is 38.0 Å². The summed E-state index contributed by atoms with van der Waals surface area (Å²) in [6.07, 6.45) is 4.48. The number of hydrogen-bond donors (Lipinski definition) is 1. The van der Waals surface area contributed by atoms with Crippen molar-refractivity contribution in [1.29, 1.82) is 0 Å². The third-order valence-corrected chi connectivity index (χ3v) is 2.95. The lowest BCUT2D eigenvalue weighted by Crippen LogP contribution is -2.24. The molecule has 0 amide bonds. The lowest BCUT2D eigenvalue weighted by atomic mass is 10.0. The van der Waals surface area contributed by atoms with Crippen molar-refractivity contribution in [2.24, 2.45) is 5.92 Å². The monoisotopic (exact) mass is 210 g/mol. The van der Waals surface area contributed by atoms with Crippen molar-refractivity contribution in [2.75, 3.05) is 0 Å². The summed E-state index contributed by atoms with van der Waals surface area (Å²) in [6, 6.07) is 0. The maximum atomic E-state index is 9.95. The van der Waals surface area contributed by atoms with Gasteiger partial charge in [0.05, 0.1) is 12.6 Å². The molecule has 15 heavy (non-hydrogen) atoms. The van der Waals surface area contributed by atoms with Gasteiger partial charge in [0.2, 0.25) is 0 Å². The van der Waals surface area contributed by atoms with E-state index in [0.29, 0.717) is 18.4 Å². The van der Waals surface area contributed by atoms with Crippen LogP contribution in [0, 0.1) is 5.92 Å². The van der Waals surface area contributed by atoms with Crippen molar-refractivity contribution < 1.29 is 5.11 Å². The molecule has 0 aliphatic rings. The Labute approximate surface area is 92.1 Å². The molecule has 1 aromatic rings. The lowest BCUT2D eigenvalue weighted by Gasteiger charge is -2.19. The number of rotatable bonds is 5. The second-order valence-corrected chi connectivity index (χ2v) is 4.55. The van der Waals surface area contributed by atoms with Gasteiger partial charge in [0.15, 0.2) is 0 Å². The summed E-state index contributed by atoms with van der Waals surface area (Å²) in [5.74, 6) is 1.80. The van der Waals surface area contributed by atoms with E-state index >= 15 is 0 Å². The lowest BCUT2D eigenvalue weighted by molar-refractivity contribution is 0.0955. The molecule has 0 radical (unpaired) electrons. The standard InChI is InChI=1S/C12H22N2O/c1-5-10(4)11(15)8-14-7-6-13-12(14)9(2)3/h6-7,9-11,15H,5,8H2,1-4H3. The number of aromatic nitrogens is 2. The van der Waals surface area contributed by atoms with E-state index in [0.717, 1.165) is 12.2 Å². The summed E-state index contributed by atoms with van der Waals surface area (Å²) >= 11 is 0. The molecule has 0 aromatic carbocycles. The first-order valence-electron chi connectivity index (χ1n) is 5.75. The zero-order valence-electron chi connectivity index (χ0n) is 10.1. The second-order valence-electron chi connectivity index (χ2n) is 4.55. The van der Waals surface area contributed by atoms with Crippen LogP contribution < -0.4 is 0 Å². The molecule has 86 valence electrons. The van der Waals surface area contributed by atoms with E-state index in [9.17, 15) is 5.11 Å². The van der Waals surface area contributed by atoms with Crippen molar-refractivity contribution in [3.8, 4) is 0 Å². The SMILES string of the molecule is CCC(C)C(O)Cn1ccnc1C(C)C. The Balaban J connectivity index is 2.67. The van der Waals surface area contributed by atoms with Crippen LogP contribution in [0.15, 0.2) is 12.4 Å². The van der Waals surface area contributed by atoms with Crippen molar-refractivity contribution in [1.82, 2.24) is 9.55 Å². The van der Waals surface area contributed by atoms with Crippen LogP contribution in [0.25, 0.3) is 0 Å². The van der Waals surface area contributed by atoms with Gasteiger partial charge in [0, 0.05) is 18.3 Å². The minimum atomic E-state index is -0.276. The van der Waals surface area contributed by atoms with E-state index in [1.807, 2.05) is 6.20 Å². The second kappa shape index (κ2) is 5.31. The van der Waals surface area contributed by atoms with Crippen LogP contribution in [0.4, 0.5) is 0 Å². The number of nitrogens with zero attached hydrogens (tertiary/aromatic N) is 2. The van der Waals surface area contributed by atoms with Gasteiger partial charge in [0.1, 0.15) is 5.82 Å². The smallest absolute Gasteiger partial charge is 0.111 e. The van der Waals surface area contributed by atoms with Gasteiger partial charge in [-0.15, -0.1) is 0 Å². The Bertz CT molecular complexity index is 294. The van der Waals surface area contributed by atoms with Gasteiger partial charge in [0.25, 0.3) is 0 Å². The van der Waals surface area contributed by atoms with Gasteiger partial charge in [-0.25, -0.2) is 4.98 Å². The molecular formula is C12H22N2O. The first kappa shape index (κ1) is 12.2. The fourth-order valence-electron chi connectivity index (χ4n) is 1.63. The maximum absolute atomic E-state index is 9.95. The highest BCUT2D eigenvalue weighted by Gasteiger charge is 2.15. The molecule has 0 aliphatic carbocycles. The molecule has 2 unspecified atom stereocenters. The predicted octanol–water partition coefficient (Wildman–Crippen LogP) is 2.41. The predicted molar refractivity (Wildman–Crippen MR) is 61.8 cm³/mol. The van der Waals surface area contributed by atoms with Crippen LogP contribution in [0.2, 0.25) is 0 Å². The minimum Gasteiger partial charge on any atom is -0.391 e. The number of hydrogen-bond acceptors (Lipinski definition) is 2. The van der Waals surface area contributed by atoms with Crippen LogP contribution in [-0.4, -0.2) is 20.8 Å². The van der Waals surface area contributed by atoms with E-state index in [1.54, 1.807) is 6.20 Å². The molecule has 0 aliphatic heterocycles. The zero-order chi connectivity index (χ0) is 11.4. The Kier molecular flexibility index (Phi) is 4.33. The summed E-state index contributed by atoms with van der Waals surface area (Å²) in [5.41, 5.74) is 0. The van der Waals surface area contributed by atoms with Crippen LogP contribution in [0.5, 0.6) is 0 Å². The van der Waals surface area contributed by atoms with Gasteiger partial charge in [-0.1, -0.05) is 34.1 Å². The molecule has 0 saturated carbocycles. The number of imidazole rings is 1. The molecule has 1 aromatic heterocycles. The summed E-state index contributed by atoms with van der Waals surface area (Å²) in [4.78, 5) is 4.31. The number of aliphatic hydroxyl groups excluding tert-OH is 1. The van der Waals surface area contributed by atoms with Crippen molar-refractivity contribution in [2.45, 2.75) is 52.7 Å². The third-order valence-electron chi connectivity index (χ3n) is 2.95. The third kappa shape index (κ3) is 3.06. The van der Waals surface area contributed by atoms with Crippen molar-refractivity contribution in [3.63, 3.8) is 0 Å². The van der Waals surface area contributed by atoms with E-state index in [2.05, 4.69) is 37.2 Å². The van der Waals surface area contributed by atoms with E-state index in [4.69, 9.17) is 0 Å². The molecule has 1 heterocycles. The Morgan fingerprint density at radius 3 is 2.60 bits per heavy atom. The average molecular weight is 210 g/mol. The quantitative estimate of drug-likeness (QED) is 0.810. The number of aliphatic hydroxyl groups is 1. The first-order valence-corrected chi connectivity index (χ1v) is 5.75. The highest BCUT2D eigenvalue weighted by Crippen LogP contribution is 2.15. The summed E-state index contributed by atoms with van der Waals surface area (Å²) in [5, 5.41) is 9.95. The fourth-order valence-corrected chi connectivity index (χ4v) is 1.63. The summed E-state index contributed by atoms with van der Waals surface area (Å²) in [6.45, 7) is 9.08. The van der Waals surface area contributed by atoms with Gasteiger partial charge in [-0.2, -0.15) is 0 Å². The highest BCUT2D eigenvalue weighted by molar-refractivity contribution is 4.98. The summed E-state index contributed by atoms with van der Waals surface area (Å²) in [7, 11) is 0. The van der Waals surface area contributed by atoms with Gasteiger partial charge >= 0.3 is 0 Å². The normalized spacial score (nSPS) is 15.6. The first-order chi connectivity index (χ1) is 7.06. The highest BCUT2D eigenvalue weighted by atomic mass is 16.3. The van der Waals surface area contributed by atoms with Crippen LogP contribution in [-0.2, 0) is 6.54 Å². The Hall–Kier alpha value is -0.830. The zero-order valence-corrected chi connectivity index (χ0v) is 10.1. The van der Waals surface area contributed by atoms with Gasteiger partial charge in [-0.3, -0.25) is 0 Å². The molecule has 2 atom stereocenters. The molecular weight excluding hydrogens is 188 g/mol. The van der Waals surface area contributed by atoms with Gasteiger partial charge in [-0.05, 0) is 5.92 Å². The molecule has 0 fully saturated rings. The molecule has 3 nitrogen and oxygen atoms in total. The maximum Gasteiger partial charge on any atom is 0.111 e. The molecule has 0 saturated heterocycles. The molecule has 3 heteroatoms. The van der Waals surface area contributed by atoms with E-state index < -0.39 is 0 Å². The van der Waals surface area contributed by atoms with E-state index in [1.165, 1.54) is 0 Å².